The van der Waals surface area contributed by atoms with Crippen molar-refractivity contribution < 1.29 is 24.2 Å². The Morgan fingerprint density at radius 3 is 1.96 bits per heavy atom. The van der Waals surface area contributed by atoms with E-state index in [4.69, 9.17) is 9.47 Å². The molecular formula is C61H109NO5. The molecule has 0 spiro atoms. The fourth-order valence-electron chi connectivity index (χ4n) is 14.3. The minimum Gasteiger partial charge on any atom is -0.462 e. The van der Waals surface area contributed by atoms with E-state index in [1.165, 1.54) is 116 Å². The zero-order valence-electron chi connectivity index (χ0n) is 45.5. The van der Waals surface area contributed by atoms with Crippen LogP contribution < -0.4 is 0 Å². The summed E-state index contributed by atoms with van der Waals surface area (Å²) < 4.78 is 12.3. The van der Waals surface area contributed by atoms with Gasteiger partial charge in [-0.15, -0.1) is 0 Å². The molecule has 67 heavy (non-hydrogen) atoms. The molecule has 0 aromatic carbocycles. The molecule has 6 nitrogen and oxygen atoms in total. The number of nitrogens with zero attached hydrogens (tertiary/aromatic N) is 1. The Labute approximate surface area is 414 Å². The van der Waals surface area contributed by atoms with Gasteiger partial charge in [-0.3, -0.25) is 9.59 Å². The fourth-order valence-corrected chi connectivity index (χ4v) is 14.3. The van der Waals surface area contributed by atoms with Crippen molar-refractivity contribution in [1.29, 1.82) is 0 Å². The number of rotatable bonds is 36. The zero-order valence-corrected chi connectivity index (χ0v) is 45.5. The van der Waals surface area contributed by atoms with Gasteiger partial charge in [0.25, 0.3) is 0 Å². The molecule has 0 aromatic rings. The lowest BCUT2D eigenvalue weighted by atomic mass is 9.47. The summed E-state index contributed by atoms with van der Waals surface area (Å²) in [4.78, 5) is 28.6. The number of carbonyl (C=O) groups excluding carboxylic acids is 2. The summed E-state index contributed by atoms with van der Waals surface area (Å²) in [6.45, 7) is 22.7. The average molecular weight is 937 g/mol. The molecule has 0 saturated heterocycles. The fraction of sp³-hybridized carbons (Fsp3) is 0.902. The first-order valence-corrected chi connectivity index (χ1v) is 29.5. The van der Waals surface area contributed by atoms with Crippen molar-refractivity contribution in [1.82, 2.24) is 4.90 Å². The first-order chi connectivity index (χ1) is 32.4. The summed E-state index contributed by atoms with van der Waals surface area (Å²) in [6, 6.07) is 0. The van der Waals surface area contributed by atoms with Gasteiger partial charge in [0.2, 0.25) is 0 Å². The molecule has 0 amide bonds. The second kappa shape index (κ2) is 31.6. The number of hydrogen-bond donors (Lipinski definition) is 1. The monoisotopic (exact) mass is 936 g/mol. The van der Waals surface area contributed by atoms with Crippen molar-refractivity contribution in [3.05, 3.63) is 23.3 Å². The SMILES string of the molecule is C/C=C(\CCC(C)C1CCC2C3CC=C4CC(OC(=O)CCCCCN(CCCCO)CCCCCCC(=O)OC(CCCCCC)CCCCCCCC)CCC4(C)C3CCC12C)C(C)C. The van der Waals surface area contributed by atoms with E-state index in [-0.39, 0.29) is 36.2 Å². The summed E-state index contributed by atoms with van der Waals surface area (Å²) in [5, 5.41) is 9.43. The Kier molecular flexibility index (Phi) is 27.3. The predicted octanol–water partition coefficient (Wildman–Crippen LogP) is 16.7. The highest BCUT2D eigenvalue weighted by Crippen LogP contribution is 2.67. The lowest BCUT2D eigenvalue weighted by Gasteiger charge is -2.58. The highest BCUT2D eigenvalue weighted by Gasteiger charge is 2.59. The molecular weight excluding hydrogens is 827 g/mol. The van der Waals surface area contributed by atoms with E-state index in [9.17, 15) is 14.7 Å². The number of allylic oxidation sites excluding steroid dienone is 3. The Bertz CT molecular complexity index is 1440. The molecule has 388 valence electrons. The van der Waals surface area contributed by atoms with Crippen LogP contribution in [0.4, 0.5) is 0 Å². The maximum absolute atomic E-state index is 13.2. The third-order valence-corrected chi connectivity index (χ3v) is 18.5. The molecule has 6 heteroatoms. The van der Waals surface area contributed by atoms with Crippen molar-refractivity contribution >= 4 is 11.9 Å². The molecule has 0 bridgehead atoms. The van der Waals surface area contributed by atoms with Gasteiger partial charge in [-0.25, -0.2) is 0 Å². The van der Waals surface area contributed by atoms with E-state index in [2.05, 4.69) is 72.4 Å². The van der Waals surface area contributed by atoms with Crippen LogP contribution in [0.2, 0.25) is 0 Å². The van der Waals surface area contributed by atoms with E-state index in [1.54, 1.807) is 11.1 Å². The topological polar surface area (TPSA) is 76.1 Å². The van der Waals surface area contributed by atoms with Crippen LogP contribution in [0.5, 0.6) is 0 Å². The number of unbranched alkanes of at least 4 members (excludes halogenated alkanes) is 14. The second-order valence-electron chi connectivity index (χ2n) is 23.6. The van der Waals surface area contributed by atoms with Crippen LogP contribution in [0.1, 0.15) is 267 Å². The minimum atomic E-state index is 0.00126. The van der Waals surface area contributed by atoms with Gasteiger partial charge in [-0.05, 0) is 195 Å². The van der Waals surface area contributed by atoms with Crippen LogP contribution in [0, 0.1) is 46.3 Å². The predicted molar refractivity (Wildman–Crippen MR) is 283 cm³/mol. The summed E-state index contributed by atoms with van der Waals surface area (Å²) in [6.07, 6.45) is 42.6. The maximum Gasteiger partial charge on any atom is 0.306 e. The van der Waals surface area contributed by atoms with Crippen LogP contribution in [-0.4, -0.2) is 60.4 Å². The van der Waals surface area contributed by atoms with Crippen LogP contribution in [0.25, 0.3) is 0 Å². The normalized spacial score (nSPS) is 27.1. The molecule has 3 saturated carbocycles. The molecule has 4 aliphatic carbocycles. The van der Waals surface area contributed by atoms with Gasteiger partial charge in [0.1, 0.15) is 12.2 Å². The maximum atomic E-state index is 13.2. The van der Waals surface area contributed by atoms with Gasteiger partial charge in [-0.1, -0.05) is 142 Å². The first-order valence-electron chi connectivity index (χ1n) is 29.5. The zero-order chi connectivity index (χ0) is 48.5. The lowest BCUT2D eigenvalue weighted by molar-refractivity contribution is -0.152. The van der Waals surface area contributed by atoms with Crippen molar-refractivity contribution in [3.8, 4) is 0 Å². The van der Waals surface area contributed by atoms with Gasteiger partial charge >= 0.3 is 11.9 Å². The highest BCUT2D eigenvalue weighted by molar-refractivity contribution is 5.69. The third kappa shape index (κ3) is 18.8. The van der Waals surface area contributed by atoms with Crippen LogP contribution in [-0.2, 0) is 19.1 Å². The Morgan fingerprint density at radius 1 is 0.701 bits per heavy atom. The number of esters is 2. The summed E-state index contributed by atoms with van der Waals surface area (Å²) in [5.74, 6) is 4.80. The van der Waals surface area contributed by atoms with E-state index in [0.717, 1.165) is 133 Å². The summed E-state index contributed by atoms with van der Waals surface area (Å²) in [7, 11) is 0. The Morgan fingerprint density at radius 2 is 1.30 bits per heavy atom. The molecule has 0 aromatic heterocycles. The van der Waals surface area contributed by atoms with Crippen molar-refractivity contribution in [2.24, 2.45) is 46.3 Å². The smallest absolute Gasteiger partial charge is 0.306 e. The second-order valence-corrected chi connectivity index (χ2v) is 23.6. The number of carbonyl (C=O) groups is 2. The first kappa shape index (κ1) is 57.9. The molecule has 1 N–H and O–H groups in total. The standard InChI is InChI=1S/C61H109NO5/c1-9-12-14-16-17-22-30-52(29-21-15-13-10-2)66-58(64)31-23-18-19-25-43-62(45-27-28-46-63)44-26-20-24-32-59(65)67-53-39-41-60(7)51(47-53)35-36-54-56-38-37-55(61(56,8)42-40-57(54)60)49(6)33-34-50(11-3)48(4)5/h11,35,48-49,52-57,63H,9-10,12-34,36-47H2,1-8H3/b50-11+. The minimum absolute atomic E-state index is 0.00126. The largest absolute Gasteiger partial charge is 0.462 e. The number of aliphatic hydroxyl groups is 1. The van der Waals surface area contributed by atoms with Crippen LogP contribution in [0.3, 0.4) is 0 Å². The van der Waals surface area contributed by atoms with Gasteiger partial charge in [-0.2, -0.15) is 0 Å². The summed E-state index contributed by atoms with van der Waals surface area (Å²) >= 11 is 0. The molecule has 3 fully saturated rings. The lowest BCUT2D eigenvalue weighted by Crippen LogP contribution is -2.51. The molecule has 4 rings (SSSR count). The number of aliphatic hydroxyl groups excluding tert-OH is 1. The quantitative estimate of drug-likeness (QED) is 0.0383. The molecule has 0 heterocycles. The molecule has 0 aliphatic heterocycles. The Balaban J connectivity index is 1.11. The van der Waals surface area contributed by atoms with Crippen LogP contribution >= 0.6 is 0 Å². The molecule has 9 atom stereocenters. The molecule has 4 aliphatic rings. The Hall–Kier alpha value is -1.66. The number of ether oxygens (including phenoxy) is 2. The molecule has 9 unspecified atom stereocenters. The average Bonchev–Trinajstić information content (AvgIpc) is 3.67. The number of fused-ring (bicyclic) bond motifs is 5. The van der Waals surface area contributed by atoms with Gasteiger partial charge in [0, 0.05) is 25.9 Å². The van der Waals surface area contributed by atoms with E-state index in [1.807, 2.05) is 0 Å². The molecule has 0 radical (unpaired) electrons. The summed E-state index contributed by atoms with van der Waals surface area (Å²) in [5.41, 5.74) is 4.01. The number of hydrogen-bond acceptors (Lipinski definition) is 6. The van der Waals surface area contributed by atoms with E-state index in [0.29, 0.717) is 24.2 Å². The van der Waals surface area contributed by atoms with Crippen molar-refractivity contribution in [2.75, 3.05) is 26.2 Å². The van der Waals surface area contributed by atoms with Gasteiger partial charge in [0.15, 0.2) is 0 Å². The van der Waals surface area contributed by atoms with E-state index < -0.39 is 0 Å². The van der Waals surface area contributed by atoms with E-state index >= 15 is 0 Å². The van der Waals surface area contributed by atoms with Gasteiger partial charge in [0.05, 0.1) is 0 Å². The van der Waals surface area contributed by atoms with Crippen molar-refractivity contribution in [2.45, 2.75) is 279 Å². The van der Waals surface area contributed by atoms with Crippen molar-refractivity contribution in [3.63, 3.8) is 0 Å². The highest BCUT2D eigenvalue weighted by atomic mass is 16.5. The van der Waals surface area contributed by atoms with Crippen LogP contribution in [0.15, 0.2) is 23.3 Å². The van der Waals surface area contributed by atoms with Gasteiger partial charge < -0.3 is 19.5 Å². The third-order valence-electron chi connectivity index (χ3n) is 18.5.